The van der Waals surface area contributed by atoms with Gasteiger partial charge in [-0.05, 0) is 6.92 Å². The SMILES string of the molecule is COC(=O)C1CC(O)CN1C(=O)c1cc(C)no1. The Hall–Kier alpha value is -1.89. The third-order valence-corrected chi connectivity index (χ3v) is 2.85. The fourth-order valence-corrected chi connectivity index (χ4v) is 2.00. The molecule has 18 heavy (non-hydrogen) atoms. The minimum Gasteiger partial charge on any atom is -0.467 e. The zero-order valence-electron chi connectivity index (χ0n) is 10.1. The maximum absolute atomic E-state index is 12.1. The van der Waals surface area contributed by atoms with E-state index in [-0.39, 0.29) is 18.7 Å². The van der Waals surface area contributed by atoms with Gasteiger partial charge in [-0.1, -0.05) is 5.16 Å². The molecule has 2 atom stereocenters. The van der Waals surface area contributed by atoms with E-state index >= 15 is 0 Å². The third-order valence-electron chi connectivity index (χ3n) is 2.85. The molecule has 7 heteroatoms. The predicted octanol–water partition coefficient (Wildman–Crippen LogP) is -0.269. The Balaban J connectivity index is 2.20. The van der Waals surface area contributed by atoms with E-state index in [1.165, 1.54) is 18.1 Å². The number of rotatable bonds is 2. The second-order valence-electron chi connectivity index (χ2n) is 4.22. The topological polar surface area (TPSA) is 92.9 Å². The fraction of sp³-hybridized carbons (Fsp3) is 0.545. The molecule has 1 aromatic rings. The number of ether oxygens (including phenoxy) is 1. The number of carbonyl (C=O) groups is 2. The monoisotopic (exact) mass is 254 g/mol. The van der Waals surface area contributed by atoms with Gasteiger partial charge in [-0.2, -0.15) is 0 Å². The number of likely N-dealkylation sites (tertiary alicyclic amines) is 1. The van der Waals surface area contributed by atoms with E-state index in [1.54, 1.807) is 6.92 Å². The summed E-state index contributed by atoms with van der Waals surface area (Å²) in [5.41, 5.74) is 0.577. The molecule has 0 bridgehead atoms. The average molecular weight is 254 g/mol. The van der Waals surface area contributed by atoms with E-state index in [2.05, 4.69) is 9.89 Å². The summed E-state index contributed by atoms with van der Waals surface area (Å²) in [7, 11) is 1.24. The van der Waals surface area contributed by atoms with Crippen LogP contribution in [0.5, 0.6) is 0 Å². The van der Waals surface area contributed by atoms with Gasteiger partial charge in [-0.3, -0.25) is 4.79 Å². The maximum Gasteiger partial charge on any atom is 0.328 e. The number of aryl methyl sites for hydroxylation is 1. The highest BCUT2D eigenvalue weighted by molar-refractivity contribution is 5.95. The van der Waals surface area contributed by atoms with Crippen molar-refractivity contribution < 1.29 is 24.0 Å². The molecular weight excluding hydrogens is 240 g/mol. The number of amides is 1. The number of aliphatic hydroxyl groups excluding tert-OH is 1. The van der Waals surface area contributed by atoms with Crippen molar-refractivity contribution in [1.82, 2.24) is 10.1 Å². The minimum absolute atomic E-state index is 0.0514. The Labute approximate surface area is 103 Å². The molecule has 1 N–H and O–H groups in total. The van der Waals surface area contributed by atoms with Crippen LogP contribution in [-0.4, -0.2) is 52.8 Å². The number of nitrogens with zero attached hydrogens (tertiary/aromatic N) is 2. The molecule has 0 spiro atoms. The van der Waals surface area contributed by atoms with E-state index in [0.29, 0.717) is 5.69 Å². The van der Waals surface area contributed by atoms with Gasteiger partial charge < -0.3 is 19.3 Å². The van der Waals surface area contributed by atoms with Gasteiger partial charge in [0.15, 0.2) is 0 Å². The second-order valence-corrected chi connectivity index (χ2v) is 4.22. The summed E-state index contributed by atoms with van der Waals surface area (Å²) in [5.74, 6) is -0.964. The molecule has 0 aliphatic carbocycles. The van der Waals surface area contributed by atoms with E-state index in [4.69, 9.17) is 4.52 Å². The standard InChI is InChI=1S/C11H14N2O5/c1-6-3-9(18-12-6)10(15)13-5-7(14)4-8(13)11(16)17-2/h3,7-8,14H,4-5H2,1-2H3. The van der Waals surface area contributed by atoms with Crippen LogP contribution in [-0.2, 0) is 9.53 Å². The van der Waals surface area contributed by atoms with Crippen molar-refractivity contribution in [2.24, 2.45) is 0 Å². The van der Waals surface area contributed by atoms with Gasteiger partial charge in [-0.25, -0.2) is 4.79 Å². The average Bonchev–Trinajstić information content (AvgIpc) is 2.93. The van der Waals surface area contributed by atoms with E-state index in [0.717, 1.165) is 0 Å². The Morgan fingerprint density at radius 1 is 1.61 bits per heavy atom. The summed E-state index contributed by atoms with van der Waals surface area (Å²) in [6.45, 7) is 1.77. The van der Waals surface area contributed by atoms with Crippen molar-refractivity contribution in [3.8, 4) is 0 Å². The van der Waals surface area contributed by atoms with E-state index < -0.39 is 24.0 Å². The Bertz CT molecular complexity index is 470. The van der Waals surface area contributed by atoms with Crippen molar-refractivity contribution in [1.29, 1.82) is 0 Å². The molecule has 0 aromatic carbocycles. The first-order chi connectivity index (χ1) is 8.52. The lowest BCUT2D eigenvalue weighted by molar-refractivity contribution is -0.145. The van der Waals surface area contributed by atoms with Gasteiger partial charge in [0.1, 0.15) is 6.04 Å². The first-order valence-electron chi connectivity index (χ1n) is 5.53. The van der Waals surface area contributed by atoms with E-state index in [9.17, 15) is 14.7 Å². The number of hydrogen-bond donors (Lipinski definition) is 1. The number of aromatic nitrogens is 1. The molecule has 1 aromatic heterocycles. The van der Waals surface area contributed by atoms with Crippen LogP contribution in [0.4, 0.5) is 0 Å². The first kappa shape index (κ1) is 12.6. The highest BCUT2D eigenvalue weighted by Gasteiger charge is 2.40. The molecule has 7 nitrogen and oxygen atoms in total. The molecule has 0 radical (unpaired) electrons. The van der Waals surface area contributed by atoms with Crippen molar-refractivity contribution in [2.45, 2.75) is 25.5 Å². The molecule has 1 fully saturated rings. The highest BCUT2D eigenvalue weighted by Crippen LogP contribution is 2.21. The lowest BCUT2D eigenvalue weighted by Gasteiger charge is -2.20. The van der Waals surface area contributed by atoms with Crippen LogP contribution in [0, 0.1) is 6.92 Å². The molecule has 1 amide bonds. The number of hydrogen-bond acceptors (Lipinski definition) is 6. The van der Waals surface area contributed by atoms with Crippen LogP contribution < -0.4 is 0 Å². The molecule has 98 valence electrons. The minimum atomic E-state index is -0.775. The van der Waals surface area contributed by atoms with Gasteiger partial charge in [0.25, 0.3) is 5.91 Å². The normalized spacial score (nSPS) is 23.2. The number of carbonyl (C=O) groups excluding carboxylic acids is 2. The molecule has 2 heterocycles. The third kappa shape index (κ3) is 2.21. The summed E-state index contributed by atoms with van der Waals surface area (Å²) in [6.07, 6.45) is -0.562. The quantitative estimate of drug-likeness (QED) is 0.730. The summed E-state index contributed by atoms with van der Waals surface area (Å²) in [5, 5.41) is 13.2. The number of aliphatic hydroxyl groups is 1. The number of β-amino-alcohol motifs (C(OH)–C–C–N with tert-alkyl or cyclic N) is 1. The maximum atomic E-state index is 12.1. The van der Waals surface area contributed by atoms with Crippen LogP contribution >= 0.6 is 0 Å². The first-order valence-corrected chi connectivity index (χ1v) is 5.53. The largest absolute Gasteiger partial charge is 0.467 e. The van der Waals surface area contributed by atoms with Gasteiger partial charge in [0, 0.05) is 19.0 Å². The highest BCUT2D eigenvalue weighted by atomic mass is 16.5. The zero-order chi connectivity index (χ0) is 13.3. The van der Waals surface area contributed by atoms with Gasteiger partial charge in [0.05, 0.1) is 18.9 Å². The molecule has 1 aliphatic rings. The molecule has 2 unspecified atom stereocenters. The molecule has 2 rings (SSSR count). The van der Waals surface area contributed by atoms with Gasteiger partial charge >= 0.3 is 5.97 Å². The van der Waals surface area contributed by atoms with Crippen LogP contribution in [0.3, 0.4) is 0 Å². The summed E-state index contributed by atoms with van der Waals surface area (Å²) >= 11 is 0. The Morgan fingerprint density at radius 2 is 2.33 bits per heavy atom. The van der Waals surface area contributed by atoms with Crippen molar-refractivity contribution in [3.05, 3.63) is 17.5 Å². The zero-order valence-corrected chi connectivity index (χ0v) is 10.1. The molecule has 1 aliphatic heterocycles. The number of methoxy groups -OCH3 is 1. The Morgan fingerprint density at radius 3 is 2.89 bits per heavy atom. The molecule has 0 saturated carbocycles. The van der Waals surface area contributed by atoms with Crippen LogP contribution in [0.2, 0.25) is 0 Å². The molecule has 1 saturated heterocycles. The second kappa shape index (κ2) is 4.77. The van der Waals surface area contributed by atoms with Crippen LogP contribution in [0.1, 0.15) is 22.7 Å². The van der Waals surface area contributed by atoms with Crippen molar-refractivity contribution >= 4 is 11.9 Å². The lowest BCUT2D eigenvalue weighted by Crippen LogP contribution is -2.41. The van der Waals surface area contributed by atoms with Crippen LogP contribution in [0.25, 0.3) is 0 Å². The predicted molar refractivity (Wildman–Crippen MR) is 58.7 cm³/mol. The Kier molecular flexibility index (Phi) is 3.33. The molecular formula is C11H14N2O5. The summed E-state index contributed by atoms with van der Waals surface area (Å²) < 4.78 is 9.47. The van der Waals surface area contributed by atoms with Crippen molar-refractivity contribution in [2.75, 3.05) is 13.7 Å². The van der Waals surface area contributed by atoms with Gasteiger partial charge in [-0.15, -0.1) is 0 Å². The van der Waals surface area contributed by atoms with Gasteiger partial charge in [0.2, 0.25) is 5.76 Å². The van der Waals surface area contributed by atoms with Crippen molar-refractivity contribution in [3.63, 3.8) is 0 Å². The smallest absolute Gasteiger partial charge is 0.328 e. The summed E-state index contributed by atoms with van der Waals surface area (Å²) in [4.78, 5) is 24.9. The number of esters is 1. The van der Waals surface area contributed by atoms with Crippen LogP contribution in [0.15, 0.2) is 10.6 Å². The fourth-order valence-electron chi connectivity index (χ4n) is 2.00. The van der Waals surface area contributed by atoms with E-state index in [1.807, 2.05) is 0 Å². The summed E-state index contributed by atoms with van der Waals surface area (Å²) in [6, 6.07) is 0.712. The lowest BCUT2D eigenvalue weighted by atomic mass is 10.2.